The van der Waals surface area contributed by atoms with E-state index in [1.807, 2.05) is 24.7 Å². The van der Waals surface area contributed by atoms with E-state index in [0.29, 0.717) is 12.2 Å². The van der Waals surface area contributed by atoms with Crippen molar-refractivity contribution in [3.63, 3.8) is 0 Å². The van der Waals surface area contributed by atoms with E-state index in [-0.39, 0.29) is 0 Å². The Morgan fingerprint density at radius 2 is 2.20 bits per heavy atom. The minimum absolute atomic E-state index is 0.303. The van der Waals surface area contributed by atoms with Crippen LogP contribution < -0.4 is 0 Å². The Morgan fingerprint density at radius 1 is 1.40 bits per heavy atom. The first-order valence-electron chi connectivity index (χ1n) is 6.71. The lowest BCUT2D eigenvalue weighted by atomic mass is 10.2. The fraction of sp³-hybridized carbons (Fsp3) is 0.538. The Hall–Kier alpha value is -2.18. The molecular weight excluding hydrogens is 258 g/mol. The number of rotatable bonds is 6. The maximum Gasteiger partial charge on any atom is 0.360 e. The molecular formula is C13H19N5O2. The molecule has 0 aliphatic rings. The lowest BCUT2D eigenvalue weighted by molar-refractivity contribution is 0.0592. The van der Waals surface area contributed by atoms with Crippen LogP contribution in [0, 0.1) is 0 Å². The van der Waals surface area contributed by atoms with Crippen molar-refractivity contribution < 1.29 is 9.53 Å². The fourth-order valence-electron chi connectivity index (χ4n) is 2.03. The quantitative estimate of drug-likeness (QED) is 0.744. The second kappa shape index (κ2) is 6.31. The standard InChI is InChI=1S/C13H19N5O2/c1-4-6-11-12(13(19)20-3)15-16-18(11)9-10-7-14-17(5-2)8-10/h7-8H,4-6,9H2,1-3H3. The molecule has 2 aromatic rings. The molecule has 0 unspecified atom stereocenters. The normalized spacial score (nSPS) is 10.8. The van der Waals surface area contributed by atoms with E-state index >= 15 is 0 Å². The minimum Gasteiger partial charge on any atom is -0.464 e. The maximum atomic E-state index is 11.7. The lowest BCUT2D eigenvalue weighted by Gasteiger charge is -2.05. The van der Waals surface area contributed by atoms with Crippen LogP contribution in [0.4, 0.5) is 0 Å². The second-order valence-electron chi connectivity index (χ2n) is 4.49. The van der Waals surface area contributed by atoms with E-state index in [1.54, 1.807) is 10.9 Å². The summed E-state index contributed by atoms with van der Waals surface area (Å²) in [6, 6.07) is 0. The molecule has 0 aliphatic heterocycles. The van der Waals surface area contributed by atoms with Crippen LogP contribution in [0.15, 0.2) is 12.4 Å². The number of hydrogen-bond acceptors (Lipinski definition) is 5. The van der Waals surface area contributed by atoms with Gasteiger partial charge in [-0.1, -0.05) is 18.6 Å². The van der Waals surface area contributed by atoms with Crippen molar-refractivity contribution in [3.8, 4) is 0 Å². The van der Waals surface area contributed by atoms with Crippen molar-refractivity contribution in [1.82, 2.24) is 24.8 Å². The predicted octanol–water partition coefficient (Wildman–Crippen LogP) is 1.28. The highest BCUT2D eigenvalue weighted by Gasteiger charge is 2.19. The number of carbonyl (C=O) groups excluding carboxylic acids is 1. The minimum atomic E-state index is -0.441. The Kier molecular flexibility index (Phi) is 4.49. The molecule has 0 fully saturated rings. The van der Waals surface area contributed by atoms with Crippen LogP contribution in [0.3, 0.4) is 0 Å². The van der Waals surface area contributed by atoms with Crippen LogP contribution in [-0.2, 0) is 24.2 Å². The summed E-state index contributed by atoms with van der Waals surface area (Å²) >= 11 is 0. The van der Waals surface area contributed by atoms with Crippen molar-refractivity contribution in [2.45, 2.75) is 39.8 Å². The third kappa shape index (κ3) is 2.87. The van der Waals surface area contributed by atoms with Gasteiger partial charge in [0.05, 0.1) is 25.5 Å². The highest BCUT2D eigenvalue weighted by molar-refractivity contribution is 5.88. The van der Waals surface area contributed by atoms with Crippen molar-refractivity contribution in [1.29, 1.82) is 0 Å². The molecule has 0 amide bonds. The number of esters is 1. The molecule has 2 aromatic heterocycles. The SMILES string of the molecule is CCCc1c(C(=O)OC)nnn1Cc1cnn(CC)c1. The Balaban J connectivity index is 2.26. The lowest BCUT2D eigenvalue weighted by Crippen LogP contribution is -2.10. The summed E-state index contributed by atoms with van der Waals surface area (Å²) in [5.74, 6) is -0.441. The number of methoxy groups -OCH3 is 1. The van der Waals surface area contributed by atoms with Crippen molar-refractivity contribution in [3.05, 3.63) is 29.3 Å². The highest BCUT2D eigenvalue weighted by atomic mass is 16.5. The first-order valence-corrected chi connectivity index (χ1v) is 6.71. The Labute approximate surface area is 117 Å². The molecule has 0 bridgehead atoms. The Morgan fingerprint density at radius 3 is 2.80 bits per heavy atom. The molecule has 7 heteroatoms. The van der Waals surface area contributed by atoms with Gasteiger partial charge in [-0.2, -0.15) is 5.10 Å². The molecule has 0 radical (unpaired) electrons. The third-order valence-corrected chi connectivity index (χ3v) is 3.05. The molecule has 0 atom stereocenters. The van der Waals surface area contributed by atoms with Crippen LogP contribution in [-0.4, -0.2) is 37.9 Å². The van der Waals surface area contributed by atoms with E-state index in [1.165, 1.54) is 7.11 Å². The van der Waals surface area contributed by atoms with Gasteiger partial charge in [0.1, 0.15) is 0 Å². The van der Waals surface area contributed by atoms with Gasteiger partial charge in [0.15, 0.2) is 5.69 Å². The first kappa shape index (κ1) is 14.2. The summed E-state index contributed by atoms with van der Waals surface area (Å²) in [5.41, 5.74) is 2.14. The molecule has 0 saturated heterocycles. The van der Waals surface area contributed by atoms with E-state index in [4.69, 9.17) is 4.74 Å². The highest BCUT2D eigenvalue weighted by Crippen LogP contribution is 2.12. The topological polar surface area (TPSA) is 74.8 Å². The van der Waals surface area contributed by atoms with Gasteiger partial charge in [-0.05, 0) is 13.3 Å². The summed E-state index contributed by atoms with van der Waals surface area (Å²) in [6.07, 6.45) is 5.42. The zero-order valence-electron chi connectivity index (χ0n) is 12.0. The number of carbonyl (C=O) groups is 1. The van der Waals surface area contributed by atoms with Crippen LogP contribution in [0.2, 0.25) is 0 Å². The second-order valence-corrected chi connectivity index (χ2v) is 4.49. The zero-order chi connectivity index (χ0) is 14.5. The van der Waals surface area contributed by atoms with Gasteiger partial charge in [0.2, 0.25) is 0 Å². The van der Waals surface area contributed by atoms with Crippen LogP contribution in [0.25, 0.3) is 0 Å². The molecule has 108 valence electrons. The third-order valence-electron chi connectivity index (χ3n) is 3.05. The maximum absolute atomic E-state index is 11.7. The van der Waals surface area contributed by atoms with Crippen molar-refractivity contribution >= 4 is 5.97 Å². The van der Waals surface area contributed by atoms with Crippen LogP contribution in [0.1, 0.15) is 42.0 Å². The van der Waals surface area contributed by atoms with Crippen molar-refractivity contribution in [2.75, 3.05) is 7.11 Å². The monoisotopic (exact) mass is 277 g/mol. The first-order chi connectivity index (χ1) is 9.69. The number of aryl methyl sites for hydroxylation is 1. The summed E-state index contributed by atoms with van der Waals surface area (Å²) in [5, 5.41) is 12.2. The zero-order valence-corrected chi connectivity index (χ0v) is 12.0. The van der Waals surface area contributed by atoms with E-state index < -0.39 is 5.97 Å². The van der Waals surface area contributed by atoms with E-state index in [2.05, 4.69) is 15.4 Å². The van der Waals surface area contributed by atoms with Crippen LogP contribution >= 0.6 is 0 Å². The van der Waals surface area contributed by atoms with Crippen molar-refractivity contribution in [2.24, 2.45) is 0 Å². The average molecular weight is 277 g/mol. The van der Waals surface area contributed by atoms with Gasteiger partial charge < -0.3 is 4.74 Å². The summed E-state index contributed by atoms with van der Waals surface area (Å²) in [7, 11) is 1.35. The average Bonchev–Trinajstić information content (AvgIpc) is 3.07. The van der Waals surface area contributed by atoms with E-state index in [0.717, 1.165) is 30.6 Å². The van der Waals surface area contributed by atoms with Gasteiger partial charge in [-0.3, -0.25) is 4.68 Å². The molecule has 0 N–H and O–H groups in total. The molecule has 2 rings (SSSR count). The molecule has 0 aliphatic carbocycles. The largest absolute Gasteiger partial charge is 0.464 e. The van der Waals surface area contributed by atoms with Gasteiger partial charge in [0.25, 0.3) is 0 Å². The molecule has 7 nitrogen and oxygen atoms in total. The van der Waals surface area contributed by atoms with Crippen LogP contribution in [0.5, 0.6) is 0 Å². The molecule has 2 heterocycles. The molecule has 0 saturated carbocycles. The number of nitrogens with zero attached hydrogens (tertiary/aromatic N) is 5. The van der Waals surface area contributed by atoms with Gasteiger partial charge in [0, 0.05) is 18.3 Å². The van der Waals surface area contributed by atoms with Gasteiger partial charge in [-0.15, -0.1) is 5.10 Å². The summed E-state index contributed by atoms with van der Waals surface area (Å²) in [4.78, 5) is 11.7. The molecule has 20 heavy (non-hydrogen) atoms. The predicted molar refractivity (Wildman–Crippen MR) is 72.4 cm³/mol. The fourth-order valence-corrected chi connectivity index (χ4v) is 2.03. The Bertz CT molecular complexity index is 587. The smallest absolute Gasteiger partial charge is 0.360 e. The molecule has 0 spiro atoms. The van der Waals surface area contributed by atoms with Gasteiger partial charge >= 0.3 is 5.97 Å². The molecule has 0 aromatic carbocycles. The van der Waals surface area contributed by atoms with Gasteiger partial charge in [-0.25, -0.2) is 9.48 Å². The number of hydrogen-bond donors (Lipinski definition) is 0. The number of ether oxygens (including phenoxy) is 1. The summed E-state index contributed by atoms with van der Waals surface area (Å²) < 4.78 is 8.33. The number of aromatic nitrogens is 5. The van der Waals surface area contributed by atoms with E-state index in [9.17, 15) is 4.79 Å². The summed E-state index contributed by atoms with van der Waals surface area (Å²) in [6.45, 7) is 5.46.